The highest BCUT2D eigenvalue weighted by atomic mass is 32.2. The molecule has 1 aliphatic carbocycles. The summed E-state index contributed by atoms with van der Waals surface area (Å²) in [7, 11) is -3.93. The fourth-order valence-electron chi connectivity index (χ4n) is 4.40. The third-order valence-corrected chi connectivity index (χ3v) is 8.21. The molecule has 1 heterocycles. The van der Waals surface area contributed by atoms with Crippen molar-refractivity contribution in [2.45, 2.75) is 17.8 Å². The SMILES string of the molecule is O=C(O)C1Cc2c(-c3ccc(C(F)(F)F)cc3)cccc2C1S(=O)(=O)N1CCNCC1. The summed E-state index contributed by atoms with van der Waals surface area (Å²) in [5.41, 5.74) is 1.21. The molecule has 0 amide bonds. The Balaban J connectivity index is 1.78. The Morgan fingerprint density at radius 1 is 1.06 bits per heavy atom. The van der Waals surface area contributed by atoms with Crippen molar-refractivity contribution in [3.05, 3.63) is 59.2 Å². The van der Waals surface area contributed by atoms with Crippen molar-refractivity contribution in [3.63, 3.8) is 0 Å². The highest BCUT2D eigenvalue weighted by molar-refractivity contribution is 7.89. The van der Waals surface area contributed by atoms with Gasteiger partial charge in [0, 0.05) is 26.2 Å². The van der Waals surface area contributed by atoms with Crippen LogP contribution in [0.2, 0.25) is 0 Å². The molecule has 0 spiro atoms. The van der Waals surface area contributed by atoms with Crippen LogP contribution in [0.1, 0.15) is 21.9 Å². The number of alkyl halides is 3. The minimum atomic E-state index is -4.46. The van der Waals surface area contributed by atoms with E-state index < -0.39 is 38.9 Å². The molecule has 0 bridgehead atoms. The second-order valence-electron chi connectivity index (χ2n) is 7.71. The van der Waals surface area contributed by atoms with Gasteiger partial charge in [-0.1, -0.05) is 30.3 Å². The lowest BCUT2D eigenvalue weighted by Crippen LogP contribution is -2.48. The number of rotatable bonds is 4. The second-order valence-corrected chi connectivity index (χ2v) is 9.77. The first-order chi connectivity index (χ1) is 14.6. The largest absolute Gasteiger partial charge is 0.481 e. The number of sulfonamides is 1. The molecule has 4 rings (SSSR count). The first kappa shape index (κ1) is 21.8. The van der Waals surface area contributed by atoms with Crippen LogP contribution in [0.3, 0.4) is 0 Å². The van der Waals surface area contributed by atoms with Gasteiger partial charge in [-0.2, -0.15) is 17.5 Å². The zero-order chi connectivity index (χ0) is 22.4. The van der Waals surface area contributed by atoms with Crippen molar-refractivity contribution in [1.82, 2.24) is 9.62 Å². The molecule has 0 aromatic heterocycles. The van der Waals surface area contributed by atoms with Crippen LogP contribution in [0.5, 0.6) is 0 Å². The summed E-state index contributed by atoms with van der Waals surface area (Å²) in [4.78, 5) is 12.0. The van der Waals surface area contributed by atoms with E-state index in [9.17, 15) is 31.5 Å². The zero-order valence-corrected chi connectivity index (χ0v) is 17.2. The number of carbonyl (C=O) groups is 1. The normalized spacial score (nSPS) is 22.3. The lowest BCUT2D eigenvalue weighted by molar-refractivity contribution is -0.141. The summed E-state index contributed by atoms with van der Waals surface area (Å²) in [5.74, 6) is -2.37. The predicted octanol–water partition coefficient (Wildman–Crippen LogP) is 2.91. The maximum absolute atomic E-state index is 13.4. The first-order valence-corrected chi connectivity index (χ1v) is 11.3. The van der Waals surface area contributed by atoms with Crippen molar-refractivity contribution >= 4 is 16.0 Å². The molecule has 2 aliphatic rings. The monoisotopic (exact) mass is 454 g/mol. The van der Waals surface area contributed by atoms with Gasteiger partial charge in [-0.15, -0.1) is 0 Å². The lowest BCUT2D eigenvalue weighted by Gasteiger charge is -2.31. The highest BCUT2D eigenvalue weighted by Gasteiger charge is 2.48. The van der Waals surface area contributed by atoms with Gasteiger partial charge in [-0.3, -0.25) is 4.79 Å². The molecule has 10 heteroatoms. The van der Waals surface area contributed by atoms with Crippen molar-refractivity contribution in [1.29, 1.82) is 0 Å². The number of halogens is 3. The summed E-state index contributed by atoms with van der Waals surface area (Å²) in [5, 5.41) is 11.6. The Labute approximate surface area is 177 Å². The number of carboxylic acids is 1. The fraction of sp³-hybridized carbons (Fsp3) is 0.381. The number of benzene rings is 2. The number of carboxylic acid groups (broad SMARTS) is 1. The number of piperazine rings is 1. The standard InChI is InChI=1S/C21H21F3N2O4S/c22-21(23,24)14-6-4-13(5-7-14)15-2-1-3-16-17(15)12-18(20(27)28)19(16)31(29,30)26-10-8-25-9-11-26/h1-7,18-19,25H,8-12H2,(H,27,28). The molecule has 2 N–H and O–H groups in total. The summed E-state index contributed by atoms with van der Waals surface area (Å²) >= 11 is 0. The van der Waals surface area contributed by atoms with Crippen LogP contribution < -0.4 is 5.32 Å². The Bertz CT molecular complexity index is 1090. The molecule has 6 nitrogen and oxygen atoms in total. The molecule has 2 unspecified atom stereocenters. The number of hydrogen-bond acceptors (Lipinski definition) is 4. The molecule has 0 radical (unpaired) electrons. The van der Waals surface area contributed by atoms with E-state index in [1.54, 1.807) is 18.2 Å². The molecule has 2 atom stereocenters. The van der Waals surface area contributed by atoms with E-state index in [4.69, 9.17) is 0 Å². The quantitative estimate of drug-likeness (QED) is 0.742. The van der Waals surface area contributed by atoms with E-state index in [-0.39, 0.29) is 19.5 Å². The zero-order valence-electron chi connectivity index (χ0n) is 16.4. The van der Waals surface area contributed by atoms with Gasteiger partial charge >= 0.3 is 12.1 Å². The summed E-state index contributed by atoms with van der Waals surface area (Å²) < 4.78 is 66.8. The minimum Gasteiger partial charge on any atom is -0.481 e. The number of hydrogen-bond donors (Lipinski definition) is 2. The van der Waals surface area contributed by atoms with Gasteiger partial charge in [0.1, 0.15) is 5.25 Å². The van der Waals surface area contributed by atoms with E-state index in [0.717, 1.165) is 12.1 Å². The predicted molar refractivity (Wildman–Crippen MR) is 108 cm³/mol. The van der Waals surface area contributed by atoms with Gasteiger partial charge in [0.05, 0.1) is 11.5 Å². The van der Waals surface area contributed by atoms with E-state index in [0.29, 0.717) is 35.3 Å². The van der Waals surface area contributed by atoms with Gasteiger partial charge in [-0.25, -0.2) is 8.42 Å². The highest BCUT2D eigenvalue weighted by Crippen LogP contribution is 2.46. The van der Waals surface area contributed by atoms with Crippen LogP contribution in [0.15, 0.2) is 42.5 Å². The van der Waals surface area contributed by atoms with Crippen LogP contribution in [0.25, 0.3) is 11.1 Å². The average Bonchev–Trinajstić information content (AvgIpc) is 3.15. The molecule has 1 fully saturated rings. The third-order valence-electron chi connectivity index (χ3n) is 5.91. The summed E-state index contributed by atoms with van der Waals surface area (Å²) in [6, 6.07) is 9.49. The van der Waals surface area contributed by atoms with Gasteiger partial charge in [0.15, 0.2) is 0 Å². The molecular formula is C21H21F3N2O4S. The molecular weight excluding hydrogens is 433 g/mol. The van der Waals surface area contributed by atoms with Crippen molar-refractivity contribution in [2.75, 3.05) is 26.2 Å². The van der Waals surface area contributed by atoms with Gasteiger partial charge in [0.25, 0.3) is 0 Å². The number of fused-ring (bicyclic) bond motifs is 1. The summed E-state index contributed by atoms with van der Waals surface area (Å²) in [6.45, 7) is 1.50. The van der Waals surface area contributed by atoms with Gasteiger partial charge in [-0.05, 0) is 40.8 Å². The third kappa shape index (κ3) is 3.95. The Hall–Kier alpha value is -2.43. The van der Waals surface area contributed by atoms with E-state index in [1.807, 2.05) is 0 Å². The number of nitrogens with zero attached hydrogens (tertiary/aromatic N) is 1. The van der Waals surface area contributed by atoms with Crippen LogP contribution in [0.4, 0.5) is 13.2 Å². The molecule has 1 saturated heterocycles. The minimum absolute atomic E-state index is 0.00213. The van der Waals surface area contributed by atoms with Gasteiger partial charge in [0.2, 0.25) is 10.0 Å². The topological polar surface area (TPSA) is 86.7 Å². The molecule has 2 aromatic rings. The molecule has 0 saturated carbocycles. The maximum Gasteiger partial charge on any atom is 0.416 e. The van der Waals surface area contributed by atoms with Gasteiger partial charge < -0.3 is 10.4 Å². The van der Waals surface area contributed by atoms with Crippen LogP contribution in [0, 0.1) is 5.92 Å². The smallest absolute Gasteiger partial charge is 0.416 e. The fourth-order valence-corrected chi connectivity index (χ4v) is 6.58. The number of aliphatic carboxylic acids is 1. The summed E-state index contributed by atoms with van der Waals surface area (Å²) in [6.07, 6.45) is -4.47. The molecule has 1 aliphatic heterocycles. The van der Waals surface area contributed by atoms with E-state index >= 15 is 0 Å². The Morgan fingerprint density at radius 2 is 1.71 bits per heavy atom. The maximum atomic E-state index is 13.4. The van der Waals surface area contributed by atoms with E-state index in [2.05, 4.69) is 5.32 Å². The Morgan fingerprint density at radius 3 is 2.29 bits per heavy atom. The van der Waals surface area contributed by atoms with Crippen molar-refractivity contribution < 1.29 is 31.5 Å². The average molecular weight is 454 g/mol. The molecule has 166 valence electrons. The van der Waals surface area contributed by atoms with Crippen molar-refractivity contribution in [3.8, 4) is 11.1 Å². The van der Waals surface area contributed by atoms with Crippen molar-refractivity contribution in [2.24, 2.45) is 5.92 Å². The Kier molecular flexibility index (Phi) is 5.57. The molecule has 2 aromatic carbocycles. The lowest BCUT2D eigenvalue weighted by atomic mass is 9.96. The first-order valence-electron chi connectivity index (χ1n) is 9.82. The van der Waals surface area contributed by atoms with Crippen LogP contribution in [-0.4, -0.2) is 50.0 Å². The number of nitrogens with one attached hydrogen (secondary N) is 1. The molecule has 31 heavy (non-hydrogen) atoms. The second kappa shape index (κ2) is 7.92. The van der Waals surface area contributed by atoms with Crippen LogP contribution >= 0.6 is 0 Å². The van der Waals surface area contributed by atoms with Crippen LogP contribution in [-0.2, 0) is 27.4 Å². The van der Waals surface area contributed by atoms with E-state index in [1.165, 1.54) is 16.4 Å².